The van der Waals surface area contributed by atoms with Crippen LogP contribution in [0, 0.1) is 5.92 Å². The standard InChI is InChI=1S/C45H48N10O4/c1-28(2)38(52-44-46-21-8-22-47-44)42(56)54-23-6-11-36(54)40-48-25-34(50-40)31-17-13-29(14-18-31)30-15-19-32(20-16-30)35-26-49-41(51-35)37-12-7-24-55(37)43(57)39(53-45-58-27-59-45)33-9-4-3-5-10-33/h3-5,8-10,13-22,25-26,28,36-39,45,53H,6-7,11-12,23-24,27H2,1-2H3,(H,48,50)(H,49,51)(H,46,47,52)/t36-,37-,38-,39+/m0/s1. The number of hydrogen-bond acceptors (Lipinski definition) is 10. The summed E-state index contributed by atoms with van der Waals surface area (Å²) in [5.41, 5.74) is 6.87. The van der Waals surface area contributed by atoms with Crippen molar-refractivity contribution in [1.29, 1.82) is 0 Å². The number of aromatic amines is 2. The lowest BCUT2D eigenvalue weighted by atomic mass is 10.0. The Morgan fingerprint density at radius 1 is 0.678 bits per heavy atom. The molecule has 4 atom stereocenters. The van der Waals surface area contributed by atoms with E-state index in [0.29, 0.717) is 19.0 Å². The minimum Gasteiger partial charge on any atom is -0.342 e. The van der Waals surface area contributed by atoms with Gasteiger partial charge in [0.05, 0.1) is 35.9 Å². The number of benzene rings is 3. The highest BCUT2D eigenvalue weighted by atomic mass is 16.9. The van der Waals surface area contributed by atoms with Crippen LogP contribution in [0.3, 0.4) is 0 Å². The van der Waals surface area contributed by atoms with Crippen molar-refractivity contribution in [3.05, 3.63) is 127 Å². The Morgan fingerprint density at radius 2 is 1.20 bits per heavy atom. The normalized spacial score (nSPS) is 19.2. The highest BCUT2D eigenvalue weighted by Gasteiger charge is 2.39. The lowest BCUT2D eigenvalue weighted by Crippen LogP contribution is -2.50. The summed E-state index contributed by atoms with van der Waals surface area (Å²) in [5, 5.41) is 6.47. The number of hydrogen-bond donors (Lipinski definition) is 4. The van der Waals surface area contributed by atoms with Crippen molar-refractivity contribution in [1.82, 2.24) is 45.0 Å². The molecule has 14 heteroatoms. The number of rotatable bonds is 13. The van der Waals surface area contributed by atoms with Gasteiger partial charge in [-0.05, 0) is 65.5 Å². The molecule has 0 spiro atoms. The number of nitrogens with zero attached hydrogens (tertiary/aromatic N) is 6. The van der Waals surface area contributed by atoms with E-state index in [-0.39, 0.29) is 36.6 Å². The predicted octanol–water partition coefficient (Wildman–Crippen LogP) is 7.01. The van der Waals surface area contributed by atoms with E-state index in [0.717, 1.165) is 76.5 Å². The zero-order valence-corrected chi connectivity index (χ0v) is 33.1. The van der Waals surface area contributed by atoms with Crippen molar-refractivity contribution >= 4 is 17.8 Å². The zero-order chi connectivity index (χ0) is 40.3. The summed E-state index contributed by atoms with van der Waals surface area (Å²) in [6, 6.07) is 26.9. The fourth-order valence-electron chi connectivity index (χ4n) is 8.31. The monoisotopic (exact) mass is 792 g/mol. The highest BCUT2D eigenvalue weighted by Crippen LogP contribution is 2.36. The van der Waals surface area contributed by atoms with Crippen LogP contribution < -0.4 is 10.6 Å². The van der Waals surface area contributed by atoms with Crippen LogP contribution in [0.4, 0.5) is 5.95 Å². The Kier molecular flexibility index (Phi) is 11.0. The Morgan fingerprint density at radius 3 is 1.71 bits per heavy atom. The molecule has 9 rings (SSSR count). The van der Waals surface area contributed by atoms with E-state index < -0.39 is 18.5 Å². The van der Waals surface area contributed by atoms with Crippen molar-refractivity contribution in [3.63, 3.8) is 0 Å². The molecule has 6 heterocycles. The lowest BCUT2D eigenvalue weighted by molar-refractivity contribution is -0.335. The predicted molar refractivity (Wildman–Crippen MR) is 222 cm³/mol. The third-order valence-corrected chi connectivity index (χ3v) is 11.5. The number of imidazole rings is 2. The number of carbonyl (C=O) groups is 2. The molecule has 6 aromatic rings. The van der Waals surface area contributed by atoms with Crippen molar-refractivity contribution in [2.45, 2.75) is 70.1 Å². The zero-order valence-electron chi connectivity index (χ0n) is 33.1. The molecule has 4 N–H and O–H groups in total. The molecule has 0 saturated carbocycles. The van der Waals surface area contributed by atoms with Gasteiger partial charge in [0.1, 0.15) is 23.7 Å². The maximum absolute atomic E-state index is 14.0. The van der Waals surface area contributed by atoms with Gasteiger partial charge in [-0.25, -0.2) is 19.9 Å². The van der Waals surface area contributed by atoms with Crippen LogP contribution in [0.1, 0.15) is 74.9 Å². The largest absolute Gasteiger partial charge is 0.342 e. The van der Waals surface area contributed by atoms with E-state index in [1.165, 1.54) is 0 Å². The molecular weight excluding hydrogens is 745 g/mol. The van der Waals surface area contributed by atoms with Crippen molar-refractivity contribution in [2.75, 3.05) is 25.2 Å². The van der Waals surface area contributed by atoms with Gasteiger partial charge in [0.25, 0.3) is 0 Å². The number of nitrogens with one attached hydrogen (secondary N) is 4. The molecule has 0 radical (unpaired) electrons. The Labute approximate surface area is 342 Å². The molecule has 59 heavy (non-hydrogen) atoms. The summed E-state index contributed by atoms with van der Waals surface area (Å²) >= 11 is 0. The molecule has 302 valence electrons. The summed E-state index contributed by atoms with van der Waals surface area (Å²) in [6.45, 7) is 5.60. The average molecular weight is 793 g/mol. The number of carbonyl (C=O) groups excluding carboxylic acids is 2. The van der Waals surface area contributed by atoms with Crippen molar-refractivity contribution in [3.8, 4) is 33.6 Å². The van der Waals surface area contributed by atoms with Crippen LogP contribution in [0.15, 0.2) is 110 Å². The fourth-order valence-corrected chi connectivity index (χ4v) is 8.31. The molecule has 0 bridgehead atoms. The second-order valence-electron chi connectivity index (χ2n) is 15.6. The quantitative estimate of drug-likeness (QED) is 0.0956. The molecule has 2 amide bonds. The Hall–Kier alpha value is -6.22. The van der Waals surface area contributed by atoms with Crippen molar-refractivity contribution in [2.24, 2.45) is 5.92 Å². The lowest BCUT2D eigenvalue weighted by Gasteiger charge is -2.34. The van der Waals surface area contributed by atoms with Gasteiger partial charge in [0.15, 0.2) is 6.79 Å². The summed E-state index contributed by atoms with van der Waals surface area (Å²) < 4.78 is 10.9. The SMILES string of the molecule is CC(C)[C@H](Nc1ncccn1)C(=O)N1CCC[C@H]1c1ncc(-c2ccc(-c3ccc(-c4cnc([C@@H]5CCCN5C(=O)[C@H](NC5OCO5)c5ccccc5)[nH]4)cc3)cc2)[nH]1. The van der Waals surface area contributed by atoms with Crippen molar-refractivity contribution < 1.29 is 19.1 Å². The minimum absolute atomic E-state index is 0.0281. The second-order valence-corrected chi connectivity index (χ2v) is 15.6. The van der Waals surface area contributed by atoms with Crippen LogP contribution in [-0.4, -0.2) is 83.9 Å². The smallest absolute Gasteiger partial charge is 0.246 e. The van der Waals surface area contributed by atoms with Gasteiger partial charge in [-0.3, -0.25) is 14.9 Å². The molecule has 3 saturated heterocycles. The van der Waals surface area contributed by atoms with Crippen LogP contribution in [0.2, 0.25) is 0 Å². The van der Waals surface area contributed by atoms with Gasteiger partial charge in [-0.1, -0.05) is 92.7 Å². The van der Waals surface area contributed by atoms with Gasteiger partial charge < -0.3 is 34.6 Å². The maximum Gasteiger partial charge on any atom is 0.246 e. The Bertz CT molecular complexity index is 2350. The number of aromatic nitrogens is 6. The van der Waals surface area contributed by atoms with Gasteiger partial charge in [-0.2, -0.15) is 0 Å². The van der Waals surface area contributed by atoms with Gasteiger partial charge in [0, 0.05) is 25.5 Å². The summed E-state index contributed by atoms with van der Waals surface area (Å²) in [5.74, 6) is 2.06. The van der Waals surface area contributed by atoms with Gasteiger partial charge in [-0.15, -0.1) is 0 Å². The fraction of sp³-hybridized carbons (Fsp3) is 0.333. The van der Waals surface area contributed by atoms with Crippen LogP contribution in [0.25, 0.3) is 33.6 Å². The first kappa shape index (κ1) is 38.3. The van der Waals surface area contributed by atoms with E-state index in [1.807, 2.05) is 66.4 Å². The molecule has 14 nitrogen and oxygen atoms in total. The number of ether oxygens (including phenoxy) is 2. The third kappa shape index (κ3) is 8.11. The van der Waals surface area contributed by atoms with Gasteiger partial charge >= 0.3 is 0 Å². The van der Waals surface area contributed by atoms with Crippen LogP contribution in [-0.2, 0) is 19.1 Å². The molecule has 3 aromatic carbocycles. The molecule has 3 fully saturated rings. The molecule has 0 aliphatic carbocycles. The molecule has 3 aliphatic heterocycles. The first-order valence-corrected chi connectivity index (χ1v) is 20.4. The molecular formula is C45H48N10O4. The molecule has 3 aromatic heterocycles. The number of anilines is 1. The summed E-state index contributed by atoms with van der Waals surface area (Å²) in [6.07, 6.45) is 9.90. The molecule has 3 aliphatic rings. The number of H-pyrrole nitrogens is 2. The van der Waals surface area contributed by atoms with E-state index in [9.17, 15) is 9.59 Å². The van der Waals surface area contributed by atoms with E-state index >= 15 is 0 Å². The maximum atomic E-state index is 14.0. The van der Waals surface area contributed by atoms with E-state index in [1.54, 1.807) is 18.5 Å². The first-order chi connectivity index (χ1) is 28.9. The Balaban J connectivity index is 0.848. The van der Waals surface area contributed by atoms with Gasteiger partial charge in [0.2, 0.25) is 24.2 Å². The minimum atomic E-state index is -0.609. The third-order valence-electron chi connectivity index (χ3n) is 11.5. The highest BCUT2D eigenvalue weighted by molar-refractivity contribution is 5.85. The number of likely N-dealkylation sites (tertiary alicyclic amines) is 2. The summed E-state index contributed by atoms with van der Waals surface area (Å²) in [7, 11) is 0. The van der Waals surface area contributed by atoms with Crippen LogP contribution >= 0.6 is 0 Å². The second kappa shape index (κ2) is 16.9. The molecule has 0 unspecified atom stereocenters. The topological polar surface area (TPSA) is 166 Å². The average Bonchev–Trinajstić information content (AvgIpc) is 4.10. The van der Waals surface area contributed by atoms with E-state index in [4.69, 9.17) is 19.4 Å². The first-order valence-electron chi connectivity index (χ1n) is 20.4. The summed E-state index contributed by atoms with van der Waals surface area (Å²) in [4.78, 5) is 56.8. The van der Waals surface area contributed by atoms with E-state index in [2.05, 4.69) is 79.1 Å². The number of amides is 2. The van der Waals surface area contributed by atoms with Crippen LogP contribution in [0.5, 0.6) is 0 Å².